The number of nitrogens with one attached hydrogen (secondary N) is 1. The van der Waals surface area contributed by atoms with Gasteiger partial charge in [-0.25, -0.2) is 0 Å². The average molecular weight is 706 g/mol. The molecule has 0 saturated carbocycles. The van der Waals surface area contributed by atoms with Gasteiger partial charge in [0.15, 0.2) is 0 Å². The number of allylic oxidation sites excluding steroid dienone is 2. The van der Waals surface area contributed by atoms with E-state index in [2.05, 4.69) is 31.3 Å². The Morgan fingerprint density at radius 3 is 1.10 bits per heavy atom. The van der Waals surface area contributed by atoms with Crippen LogP contribution < -0.4 is 5.32 Å². The second-order valence-electron chi connectivity index (χ2n) is 15.8. The van der Waals surface area contributed by atoms with E-state index in [0.29, 0.717) is 12.8 Å². The largest absolute Gasteiger partial charge is 0.394 e. The fourth-order valence-electron chi connectivity index (χ4n) is 7.24. The summed E-state index contributed by atoms with van der Waals surface area (Å²) in [6, 6.07) is -0.531. The van der Waals surface area contributed by atoms with Gasteiger partial charge in [-0.05, 0) is 38.5 Å². The van der Waals surface area contributed by atoms with Crippen LogP contribution in [0.1, 0.15) is 258 Å². The van der Waals surface area contributed by atoms with Crippen LogP contribution in [0.15, 0.2) is 12.2 Å². The molecule has 298 valence electrons. The normalized spacial score (nSPS) is 13.0. The molecule has 0 aromatic carbocycles. The number of carbonyl (C=O) groups is 1. The van der Waals surface area contributed by atoms with E-state index in [4.69, 9.17) is 0 Å². The summed E-state index contributed by atoms with van der Waals surface area (Å²) in [5.74, 6) is -0.0287. The molecular weight excluding hydrogens is 615 g/mol. The summed E-state index contributed by atoms with van der Waals surface area (Å²) in [5, 5.41) is 23.2. The van der Waals surface area contributed by atoms with Gasteiger partial charge in [0.1, 0.15) is 0 Å². The SMILES string of the molecule is CCCCCCCCCC/C=C\CCCCCCCCCCCCCCCC(=O)NC(CO)C(O)CCCCCCCCCCCCCCC. The standard InChI is InChI=1S/C46H91NO3/c1-3-5-7-9-11-13-15-17-18-19-20-21-22-23-24-25-26-27-28-30-32-34-36-38-40-42-46(50)47-44(43-48)45(49)41-39-37-35-33-31-29-16-14-12-10-8-6-4-2/h19-20,44-45,48-49H,3-18,21-43H2,1-2H3,(H,47,50)/b20-19-. The average Bonchev–Trinajstić information content (AvgIpc) is 3.12. The number of hydrogen-bond donors (Lipinski definition) is 3. The molecule has 1 amide bonds. The first-order valence-corrected chi connectivity index (χ1v) is 22.9. The van der Waals surface area contributed by atoms with Crippen molar-refractivity contribution < 1.29 is 15.0 Å². The lowest BCUT2D eigenvalue weighted by Gasteiger charge is -2.22. The lowest BCUT2D eigenvalue weighted by Crippen LogP contribution is -2.45. The van der Waals surface area contributed by atoms with Gasteiger partial charge >= 0.3 is 0 Å². The maximum Gasteiger partial charge on any atom is 0.220 e. The van der Waals surface area contributed by atoms with Gasteiger partial charge in [-0.3, -0.25) is 4.79 Å². The van der Waals surface area contributed by atoms with Gasteiger partial charge in [0.05, 0.1) is 18.8 Å². The highest BCUT2D eigenvalue weighted by Gasteiger charge is 2.20. The van der Waals surface area contributed by atoms with Crippen LogP contribution in [0.3, 0.4) is 0 Å². The van der Waals surface area contributed by atoms with Crippen LogP contribution in [0.2, 0.25) is 0 Å². The number of hydrogen-bond acceptors (Lipinski definition) is 3. The van der Waals surface area contributed by atoms with Crippen molar-refractivity contribution in [2.75, 3.05) is 6.61 Å². The zero-order chi connectivity index (χ0) is 36.4. The summed E-state index contributed by atoms with van der Waals surface area (Å²) < 4.78 is 0. The van der Waals surface area contributed by atoms with Crippen molar-refractivity contribution >= 4 is 5.91 Å². The van der Waals surface area contributed by atoms with E-state index in [1.165, 1.54) is 205 Å². The Labute approximate surface area is 314 Å². The van der Waals surface area contributed by atoms with Gasteiger partial charge in [-0.1, -0.05) is 225 Å². The highest BCUT2D eigenvalue weighted by atomic mass is 16.3. The van der Waals surface area contributed by atoms with Gasteiger partial charge in [0.25, 0.3) is 0 Å². The van der Waals surface area contributed by atoms with Crippen LogP contribution in [-0.2, 0) is 4.79 Å². The van der Waals surface area contributed by atoms with E-state index >= 15 is 0 Å². The van der Waals surface area contributed by atoms with E-state index in [9.17, 15) is 15.0 Å². The zero-order valence-corrected chi connectivity index (χ0v) is 34.2. The third kappa shape index (κ3) is 38.4. The van der Waals surface area contributed by atoms with Crippen molar-refractivity contribution in [1.82, 2.24) is 5.32 Å². The summed E-state index contributed by atoms with van der Waals surface area (Å²) in [7, 11) is 0. The minimum absolute atomic E-state index is 0.0287. The van der Waals surface area contributed by atoms with E-state index < -0.39 is 12.1 Å². The minimum Gasteiger partial charge on any atom is -0.394 e. The van der Waals surface area contributed by atoms with Crippen molar-refractivity contribution in [2.45, 2.75) is 270 Å². The van der Waals surface area contributed by atoms with Crippen molar-refractivity contribution in [2.24, 2.45) is 0 Å². The summed E-state index contributed by atoms with van der Waals surface area (Å²) in [4.78, 5) is 12.4. The van der Waals surface area contributed by atoms with Crippen LogP contribution in [-0.4, -0.2) is 34.9 Å². The molecule has 0 aliphatic carbocycles. The highest BCUT2D eigenvalue weighted by molar-refractivity contribution is 5.76. The van der Waals surface area contributed by atoms with E-state index in [0.717, 1.165) is 25.7 Å². The van der Waals surface area contributed by atoms with Gasteiger partial charge in [-0.2, -0.15) is 0 Å². The molecule has 0 heterocycles. The van der Waals surface area contributed by atoms with Gasteiger partial charge < -0.3 is 15.5 Å². The topological polar surface area (TPSA) is 69.6 Å². The summed E-state index contributed by atoms with van der Waals surface area (Å²) in [6.07, 6.45) is 53.0. The Morgan fingerprint density at radius 2 is 0.760 bits per heavy atom. The zero-order valence-electron chi connectivity index (χ0n) is 34.2. The fraction of sp³-hybridized carbons (Fsp3) is 0.935. The molecule has 50 heavy (non-hydrogen) atoms. The van der Waals surface area contributed by atoms with E-state index in [-0.39, 0.29) is 12.5 Å². The van der Waals surface area contributed by atoms with E-state index in [1.807, 2.05) is 0 Å². The number of aliphatic hydroxyl groups is 2. The van der Waals surface area contributed by atoms with Crippen molar-refractivity contribution in [3.63, 3.8) is 0 Å². The van der Waals surface area contributed by atoms with Crippen LogP contribution in [0.4, 0.5) is 0 Å². The van der Waals surface area contributed by atoms with Crippen LogP contribution in [0, 0.1) is 0 Å². The van der Waals surface area contributed by atoms with Crippen molar-refractivity contribution in [1.29, 1.82) is 0 Å². The second kappa shape index (κ2) is 42.5. The molecule has 0 rings (SSSR count). The lowest BCUT2D eigenvalue weighted by atomic mass is 10.0. The number of aliphatic hydroxyl groups excluding tert-OH is 2. The summed E-state index contributed by atoms with van der Waals surface area (Å²) >= 11 is 0. The highest BCUT2D eigenvalue weighted by Crippen LogP contribution is 2.16. The monoisotopic (exact) mass is 706 g/mol. The van der Waals surface area contributed by atoms with Gasteiger partial charge in [0.2, 0.25) is 5.91 Å². The first kappa shape index (κ1) is 49.1. The number of carbonyl (C=O) groups excluding carboxylic acids is 1. The Kier molecular flexibility index (Phi) is 41.8. The number of unbranched alkanes of at least 4 members (excludes halogenated alkanes) is 33. The molecule has 0 bridgehead atoms. The van der Waals surface area contributed by atoms with Crippen LogP contribution in [0.5, 0.6) is 0 Å². The fourth-order valence-corrected chi connectivity index (χ4v) is 7.24. The first-order valence-electron chi connectivity index (χ1n) is 22.9. The van der Waals surface area contributed by atoms with Crippen LogP contribution >= 0.6 is 0 Å². The number of amides is 1. The maximum atomic E-state index is 12.4. The molecule has 0 aliphatic heterocycles. The quantitative estimate of drug-likeness (QED) is 0.0437. The molecule has 2 unspecified atom stereocenters. The lowest BCUT2D eigenvalue weighted by molar-refractivity contribution is -0.123. The second-order valence-corrected chi connectivity index (χ2v) is 15.8. The van der Waals surface area contributed by atoms with Crippen molar-refractivity contribution in [3.05, 3.63) is 12.2 Å². The third-order valence-corrected chi connectivity index (χ3v) is 10.8. The molecule has 4 heteroatoms. The Hall–Kier alpha value is -0.870. The van der Waals surface area contributed by atoms with Crippen molar-refractivity contribution in [3.8, 4) is 0 Å². The summed E-state index contributed by atoms with van der Waals surface area (Å²) in [5.41, 5.74) is 0. The molecule has 3 N–H and O–H groups in total. The van der Waals surface area contributed by atoms with E-state index in [1.54, 1.807) is 0 Å². The Morgan fingerprint density at radius 1 is 0.460 bits per heavy atom. The smallest absolute Gasteiger partial charge is 0.220 e. The first-order chi connectivity index (χ1) is 24.7. The van der Waals surface area contributed by atoms with Crippen LogP contribution in [0.25, 0.3) is 0 Å². The molecule has 4 nitrogen and oxygen atoms in total. The Bertz CT molecular complexity index is 680. The molecule has 0 aromatic rings. The molecule has 0 aliphatic rings. The molecule has 0 spiro atoms. The molecule has 0 saturated heterocycles. The molecule has 2 atom stereocenters. The Balaban J connectivity index is 3.45. The maximum absolute atomic E-state index is 12.4. The molecule has 0 fully saturated rings. The predicted molar refractivity (Wildman–Crippen MR) is 221 cm³/mol. The van der Waals surface area contributed by atoms with Gasteiger partial charge in [-0.15, -0.1) is 0 Å². The molecule has 0 aromatic heterocycles. The van der Waals surface area contributed by atoms with Gasteiger partial charge in [0, 0.05) is 6.42 Å². The number of rotatable bonds is 42. The third-order valence-electron chi connectivity index (χ3n) is 10.8. The minimum atomic E-state index is -0.654. The molecular formula is C46H91NO3. The summed E-state index contributed by atoms with van der Waals surface area (Å²) in [6.45, 7) is 4.37. The predicted octanol–water partition coefficient (Wildman–Crippen LogP) is 14.2. The molecule has 0 radical (unpaired) electrons.